The minimum absolute atomic E-state index is 0.151. The molecule has 0 unspecified atom stereocenters. The molecule has 1 aromatic carbocycles. The molecule has 1 N–H and O–H groups in total. The highest BCUT2D eigenvalue weighted by Gasteiger charge is 2.20. The van der Waals surface area contributed by atoms with Crippen molar-refractivity contribution in [2.24, 2.45) is 0 Å². The Labute approximate surface area is 158 Å². The normalized spacial score (nSPS) is 11.0. The number of hydrogen-bond donors (Lipinski definition) is 1. The zero-order valence-corrected chi connectivity index (χ0v) is 15.0. The second-order valence-electron chi connectivity index (χ2n) is 5.56. The van der Waals surface area contributed by atoms with Crippen LogP contribution in [0.5, 0.6) is 5.75 Å². The first-order valence-corrected chi connectivity index (χ1v) is 8.99. The minimum atomic E-state index is -1.02. The Balaban J connectivity index is 1.69. The fraction of sp³-hybridized carbons (Fsp3) is 0.0526. The molecule has 0 bridgehead atoms. The summed E-state index contributed by atoms with van der Waals surface area (Å²) in [6, 6.07) is 14.8. The summed E-state index contributed by atoms with van der Waals surface area (Å²) in [6.07, 6.45) is 3.62. The lowest BCUT2D eigenvalue weighted by atomic mass is 10.2. The molecule has 4 aromatic rings. The number of hydrogen-bond acceptors (Lipinski definition) is 4. The van der Waals surface area contributed by atoms with E-state index in [0.29, 0.717) is 10.8 Å². The van der Waals surface area contributed by atoms with Gasteiger partial charge in [0, 0.05) is 22.8 Å². The Hall–Kier alpha value is -2.83. The van der Waals surface area contributed by atoms with Crippen LogP contribution in [0, 0.1) is 0 Å². The summed E-state index contributed by atoms with van der Waals surface area (Å²) in [6.45, 7) is 0.198. The molecule has 3 heterocycles. The number of pyridine rings is 1. The molecule has 0 amide bonds. The molecule has 0 aliphatic carbocycles. The van der Waals surface area contributed by atoms with Gasteiger partial charge in [0.05, 0.1) is 16.8 Å². The molecule has 26 heavy (non-hydrogen) atoms. The molecule has 130 valence electrons. The van der Waals surface area contributed by atoms with Gasteiger partial charge in [-0.15, -0.1) is 11.3 Å². The monoisotopic (exact) mass is 384 g/mol. The Morgan fingerprint density at radius 1 is 1.23 bits per heavy atom. The van der Waals surface area contributed by atoms with Crippen molar-refractivity contribution in [1.29, 1.82) is 0 Å². The third kappa shape index (κ3) is 3.05. The number of carboxylic acid groups (broad SMARTS) is 1. The second-order valence-corrected chi connectivity index (χ2v) is 7.02. The smallest absolute Gasteiger partial charge is 0.349 e. The van der Waals surface area contributed by atoms with Gasteiger partial charge in [-0.3, -0.25) is 4.40 Å². The minimum Gasteiger partial charge on any atom is -0.487 e. The van der Waals surface area contributed by atoms with E-state index in [2.05, 4.69) is 4.98 Å². The molecule has 0 saturated heterocycles. The average molecular weight is 385 g/mol. The van der Waals surface area contributed by atoms with E-state index in [1.807, 2.05) is 47.0 Å². The van der Waals surface area contributed by atoms with Gasteiger partial charge in [-0.25, -0.2) is 9.78 Å². The third-order valence-corrected chi connectivity index (χ3v) is 5.40. The molecule has 0 radical (unpaired) electrons. The first-order valence-electron chi connectivity index (χ1n) is 7.79. The van der Waals surface area contributed by atoms with Crippen molar-refractivity contribution in [2.45, 2.75) is 6.61 Å². The van der Waals surface area contributed by atoms with E-state index < -0.39 is 5.97 Å². The maximum atomic E-state index is 11.6. The lowest BCUT2D eigenvalue weighted by molar-refractivity contribution is 0.0697. The fourth-order valence-electron chi connectivity index (χ4n) is 2.64. The Bertz CT molecular complexity index is 1100. The predicted molar refractivity (Wildman–Crippen MR) is 101 cm³/mol. The Kier molecular flexibility index (Phi) is 4.36. The standard InChI is InChI=1S/C19H13ClN2O3S/c20-13-6-2-1-5-12(13)11-25-15-9-16(26-18(15)19(23)24)14-10-21-17-7-3-4-8-22(14)17/h1-10H,11H2,(H,23,24). The predicted octanol–water partition coefficient (Wildman–Crippen LogP) is 4.99. The van der Waals surface area contributed by atoms with E-state index in [-0.39, 0.29) is 11.5 Å². The summed E-state index contributed by atoms with van der Waals surface area (Å²) >= 11 is 7.30. The van der Waals surface area contributed by atoms with Crippen molar-refractivity contribution < 1.29 is 14.6 Å². The van der Waals surface area contributed by atoms with Crippen molar-refractivity contribution in [1.82, 2.24) is 9.38 Å². The maximum absolute atomic E-state index is 11.6. The molecule has 7 heteroatoms. The van der Waals surface area contributed by atoms with Gasteiger partial charge in [0.2, 0.25) is 0 Å². The van der Waals surface area contributed by atoms with Crippen LogP contribution in [0.2, 0.25) is 5.02 Å². The van der Waals surface area contributed by atoms with E-state index in [0.717, 1.165) is 33.1 Å². The zero-order valence-electron chi connectivity index (χ0n) is 13.4. The van der Waals surface area contributed by atoms with Crippen molar-refractivity contribution in [3.63, 3.8) is 0 Å². The lowest BCUT2D eigenvalue weighted by Crippen LogP contribution is -2.00. The van der Waals surface area contributed by atoms with Crippen LogP contribution < -0.4 is 4.74 Å². The third-order valence-electron chi connectivity index (χ3n) is 3.90. The summed E-state index contributed by atoms with van der Waals surface area (Å²) in [5.74, 6) is -0.701. The second kappa shape index (κ2) is 6.82. The molecule has 0 aliphatic heterocycles. The molecular weight excluding hydrogens is 372 g/mol. The molecule has 0 atom stereocenters. The topological polar surface area (TPSA) is 63.8 Å². The van der Waals surface area contributed by atoms with Crippen molar-refractivity contribution in [3.05, 3.63) is 76.4 Å². The lowest BCUT2D eigenvalue weighted by Gasteiger charge is -2.06. The number of carbonyl (C=O) groups is 1. The number of carboxylic acids is 1. The van der Waals surface area contributed by atoms with Gasteiger partial charge in [0.1, 0.15) is 18.0 Å². The van der Waals surface area contributed by atoms with Gasteiger partial charge in [-0.2, -0.15) is 0 Å². The highest BCUT2D eigenvalue weighted by atomic mass is 35.5. The Morgan fingerprint density at radius 2 is 2.04 bits per heavy atom. The highest BCUT2D eigenvalue weighted by molar-refractivity contribution is 7.17. The quantitative estimate of drug-likeness (QED) is 0.526. The van der Waals surface area contributed by atoms with Gasteiger partial charge in [0.15, 0.2) is 4.88 Å². The molecule has 3 aromatic heterocycles. The van der Waals surface area contributed by atoms with E-state index in [1.165, 1.54) is 0 Å². The van der Waals surface area contributed by atoms with Gasteiger partial charge in [0.25, 0.3) is 0 Å². The first kappa shape index (κ1) is 16.6. The molecule has 0 spiro atoms. The van der Waals surface area contributed by atoms with Crippen LogP contribution in [0.3, 0.4) is 0 Å². The molecule has 0 saturated carbocycles. The number of thiophene rings is 1. The highest BCUT2D eigenvalue weighted by Crippen LogP contribution is 2.37. The van der Waals surface area contributed by atoms with E-state index >= 15 is 0 Å². The summed E-state index contributed by atoms with van der Waals surface area (Å²) in [5.41, 5.74) is 2.42. The van der Waals surface area contributed by atoms with Crippen LogP contribution in [0.1, 0.15) is 15.2 Å². The fourth-order valence-corrected chi connectivity index (χ4v) is 3.78. The molecule has 0 aliphatic rings. The van der Waals surface area contributed by atoms with Crippen LogP contribution in [0.15, 0.2) is 60.9 Å². The van der Waals surface area contributed by atoms with Crippen LogP contribution in [0.4, 0.5) is 0 Å². The maximum Gasteiger partial charge on any atom is 0.349 e. The number of rotatable bonds is 5. The van der Waals surface area contributed by atoms with E-state index in [1.54, 1.807) is 18.3 Å². The van der Waals surface area contributed by atoms with Crippen LogP contribution in [-0.2, 0) is 6.61 Å². The zero-order chi connectivity index (χ0) is 18.1. The van der Waals surface area contributed by atoms with Gasteiger partial charge in [-0.05, 0) is 18.2 Å². The number of aromatic nitrogens is 2. The summed E-state index contributed by atoms with van der Waals surface area (Å²) in [7, 11) is 0. The largest absolute Gasteiger partial charge is 0.487 e. The summed E-state index contributed by atoms with van der Waals surface area (Å²) < 4.78 is 7.68. The number of benzene rings is 1. The number of fused-ring (bicyclic) bond motifs is 1. The first-order chi connectivity index (χ1) is 12.6. The van der Waals surface area contributed by atoms with Crippen molar-refractivity contribution >= 4 is 34.6 Å². The van der Waals surface area contributed by atoms with Crippen LogP contribution in [0.25, 0.3) is 16.2 Å². The van der Waals surface area contributed by atoms with Crippen molar-refractivity contribution in [2.75, 3.05) is 0 Å². The van der Waals surface area contributed by atoms with Gasteiger partial charge >= 0.3 is 5.97 Å². The Morgan fingerprint density at radius 3 is 2.85 bits per heavy atom. The number of imidazole rings is 1. The molecule has 5 nitrogen and oxygen atoms in total. The summed E-state index contributed by atoms with van der Waals surface area (Å²) in [4.78, 5) is 16.9. The number of aromatic carboxylic acids is 1. The van der Waals surface area contributed by atoms with E-state index in [4.69, 9.17) is 16.3 Å². The number of nitrogens with zero attached hydrogens (tertiary/aromatic N) is 2. The van der Waals surface area contributed by atoms with Crippen molar-refractivity contribution in [3.8, 4) is 16.3 Å². The number of halogens is 1. The van der Waals surface area contributed by atoms with Crippen LogP contribution >= 0.6 is 22.9 Å². The molecular formula is C19H13ClN2O3S. The average Bonchev–Trinajstić information content (AvgIpc) is 3.25. The van der Waals surface area contributed by atoms with Gasteiger partial charge < -0.3 is 9.84 Å². The molecule has 0 fully saturated rings. The number of ether oxygens (including phenoxy) is 1. The van der Waals surface area contributed by atoms with Crippen LogP contribution in [-0.4, -0.2) is 20.5 Å². The SMILES string of the molecule is O=C(O)c1sc(-c2cnc3ccccn23)cc1OCc1ccccc1Cl. The van der Waals surface area contributed by atoms with E-state index in [9.17, 15) is 9.90 Å². The van der Waals surface area contributed by atoms with Gasteiger partial charge in [-0.1, -0.05) is 35.9 Å². The molecule has 4 rings (SSSR count). The summed E-state index contributed by atoms with van der Waals surface area (Å²) in [5, 5.41) is 10.1.